The van der Waals surface area contributed by atoms with Crippen molar-refractivity contribution in [2.24, 2.45) is 21.7 Å². The number of unbranched alkanes of at least 4 members (excludes halogenated alkanes) is 1. The summed E-state index contributed by atoms with van der Waals surface area (Å²) in [6, 6.07) is 12.8. The third kappa shape index (κ3) is 6.26. The molecule has 8 nitrogen and oxygen atoms in total. The summed E-state index contributed by atoms with van der Waals surface area (Å²) in [7, 11) is 0. The van der Waals surface area contributed by atoms with Crippen LogP contribution in [0.15, 0.2) is 46.6 Å². The summed E-state index contributed by atoms with van der Waals surface area (Å²) >= 11 is 0. The molecule has 1 aliphatic rings. The second-order valence-electron chi connectivity index (χ2n) is 8.11. The lowest BCUT2D eigenvalue weighted by Gasteiger charge is -2.24. The number of nitrogens with zero attached hydrogens (tertiary/aromatic N) is 4. The van der Waals surface area contributed by atoms with Crippen molar-refractivity contribution in [2.75, 3.05) is 25.0 Å². The van der Waals surface area contributed by atoms with Gasteiger partial charge < -0.3 is 21.5 Å². The van der Waals surface area contributed by atoms with Crippen molar-refractivity contribution >= 4 is 18.0 Å². The third-order valence-corrected chi connectivity index (χ3v) is 5.57. The van der Waals surface area contributed by atoms with Gasteiger partial charge in [0, 0.05) is 31.0 Å². The monoisotopic (exact) mass is 439 g/mol. The minimum atomic E-state index is -0.0222. The molecule has 8 heteroatoms. The Bertz CT molecular complexity index is 902. The minimum Gasteiger partial charge on any atom is -0.491 e. The van der Waals surface area contributed by atoms with E-state index in [9.17, 15) is 0 Å². The van der Waals surface area contributed by atoms with Crippen LogP contribution >= 0.6 is 0 Å². The van der Waals surface area contributed by atoms with E-state index in [-0.39, 0.29) is 12.0 Å². The summed E-state index contributed by atoms with van der Waals surface area (Å²) in [5.74, 6) is 1.97. The predicted octanol–water partition coefficient (Wildman–Crippen LogP) is 3.70. The second kappa shape index (κ2) is 12.1. The molecular weight excluding hydrogens is 402 g/mol. The van der Waals surface area contributed by atoms with Gasteiger partial charge in [0.2, 0.25) is 5.96 Å². The third-order valence-electron chi connectivity index (χ3n) is 5.57. The molecule has 0 saturated carbocycles. The predicted molar refractivity (Wildman–Crippen MR) is 133 cm³/mol. The largest absolute Gasteiger partial charge is 0.491 e. The molecule has 2 aromatic rings. The van der Waals surface area contributed by atoms with Crippen LogP contribution in [0.1, 0.15) is 51.6 Å². The Hall–Kier alpha value is -3.00. The van der Waals surface area contributed by atoms with E-state index in [0.29, 0.717) is 0 Å². The summed E-state index contributed by atoms with van der Waals surface area (Å²) in [5.41, 5.74) is 13.1. The van der Waals surface area contributed by atoms with Gasteiger partial charge in [-0.3, -0.25) is 9.47 Å². The zero-order chi connectivity index (χ0) is 22.8. The van der Waals surface area contributed by atoms with E-state index in [1.165, 1.54) is 5.69 Å². The summed E-state index contributed by atoms with van der Waals surface area (Å²) in [4.78, 5) is 2.42. The number of hydrogen-bond donors (Lipinski definition) is 3. The van der Waals surface area contributed by atoms with Gasteiger partial charge in [-0.1, -0.05) is 32.4 Å². The minimum absolute atomic E-state index is 0.0222. The fourth-order valence-corrected chi connectivity index (χ4v) is 3.97. The molecule has 1 saturated heterocycles. The number of likely N-dealkylation sites (tertiary alicyclic amines) is 1. The van der Waals surface area contributed by atoms with Crippen LogP contribution in [0, 0.1) is 0 Å². The van der Waals surface area contributed by atoms with Gasteiger partial charge in [-0.25, -0.2) is 0 Å². The molecule has 1 aromatic heterocycles. The lowest BCUT2D eigenvalue weighted by atomic mass is 10.2. The highest BCUT2D eigenvalue weighted by Gasteiger charge is 2.25. The van der Waals surface area contributed by atoms with Gasteiger partial charge in [-0.05, 0) is 56.5 Å². The summed E-state index contributed by atoms with van der Waals surface area (Å²) in [6.45, 7) is 7.80. The number of para-hydroxylation sites is 2. The van der Waals surface area contributed by atoms with Crippen LogP contribution in [0.2, 0.25) is 0 Å². The van der Waals surface area contributed by atoms with Gasteiger partial charge in [0.25, 0.3) is 0 Å². The van der Waals surface area contributed by atoms with Gasteiger partial charge in [-0.2, -0.15) is 5.10 Å². The molecule has 174 valence electrons. The fourth-order valence-electron chi connectivity index (χ4n) is 3.97. The number of guanidine groups is 1. The van der Waals surface area contributed by atoms with Crippen molar-refractivity contribution < 1.29 is 4.74 Å². The highest BCUT2D eigenvalue weighted by atomic mass is 16.5. The first-order valence-corrected chi connectivity index (χ1v) is 11.7. The first-order valence-electron chi connectivity index (χ1n) is 11.7. The zero-order valence-corrected chi connectivity index (χ0v) is 19.3. The molecule has 0 radical (unpaired) electrons. The van der Waals surface area contributed by atoms with Gasteiger partial charge in [0.05, 0.1) is 12.3 Å². The van der Waals surface area contributed by atoms with E-state index in [4.69, 9.17) is 16.2 Å². The average molecular weight is 440 g/mol. The summed E-state index contributed by atoms with van der Waals surface area (Å²) < 4.78 is 8.45. The maximum absolute atomic E-state index is 6.16. The normalized spacial score (nSPS) is 16.5. The molecular formula is C24H37N7O. The number of rotatable bonds is 12. The molecule has 3 rings (SSSR count). The first-order chi connectivity index (χ1) is 15.6. The Morgan fingerprint density at radius 1 is 1.19 bits per heavy atom. The van der Waals surface area contributed by atoms with E-state index >= 15 is 0 Å². The Morgan fingerprint density at radius 2 is 2.03 bits per heavy atom. The molecule has 1 aromatic carbocycles. The molecule has 0 amide bonds. The lowest BCUT2D eigenvalue weighted by molar-refractivity contribution is 0.290. The van der Waals surface area contributed by atoms with Crippen molar-refractivity contribution in [3.63, 3.8) is 0 Å². The van der Waals surface area contributed by atoms with Crippen molar-refractivity contribution in [1.82, 2.24) is 9.47 Å². The standard InChI is InChI=1S/C24H37N7O/c1-3-5-16-32-22-11-7-6-10-21(22)31-20(12-13-23(31)27-14-4-2)18-30-15-8-9-19(30)17-28-29-24(25)26/h6-7,10-13,17,19,27H,3-5,8-9,14-16,18H2,1-2H3,(H4,25,26,29)/b28-17+. The molecule has 0 spiro atoms. The Kier molecular flexibility index (Phi) is 8.98. The number of ether oxygens (including phenoxy) is 1. The molecule has 1 aliphatic heterocycles. The SMILES string of the molecule is CCCCOc1ccccc1-n1c(CN2CCCC2/C=N/N=C(N)N)ccc1NCCC. The van der Waals surface area contributed by atoms with Crippen LogP contribution in [0.4, 0.5) is 5.82 Å². The Labute approximate surface area is 191 Å². The van der Waals surface area contributed by atoms with Gasteiger partial charge in [0.1, 0.15) is 11.6 Å². The van der Waals surface area contributed by atoms with Gasteiger partial charge in [-0.15, -0.1) is 5.10 Å². The quantitative estimate of drug-likeness (QED) is 0.202. The van der Waals surface area contributed by atoms with Crippen molar-refractivity contribution in [3.8, 4) is 11.4 Å². The highest BCUT2D eigenvalue weighted by molar-refractivity contribution is 5.76. The lowest BCUT2D eigenvalue weighted by Crippen LogP contribution is -2.31. The number of nitrogens with one attached hydrogen (secondary N) is 1. The zero-order valence-electron chi connectivity index (χ0n) is 19.3. The van der Waals surface area contributed by atoms with E-state index in [0.717, 1.165) is 75.6 Å². The maximum Gasteiger partial charge on any atom is 0.211 e. The van der Waals surface area contributed by atoms with Crippen LogP contribution < -0.4 is 21.5 Å². The van der Waals surface area contributed by atoms with Crippen molar-refractivity contribution in [1.29, 1.82) is 0 Å². The average Bonchev–Trinajstić information content (AvgIpc) is 3.39. The van der Waals surface area contributed by atoms with Crippen LogP contribution in [-0.2, 0) is 6.54 Å². The van der Waals surface area contributed by atoms with Crippen molar-refractivity contribution in [2.45, 2.75) is 58.5 Å². The van der Waals surface area contributed by atoms with Gasteiger partial charge in [0.15, 0.2) is 0 Å². The van der Waals surface area contributed by atoms with E-state index < -0.39 is 0 Å². The number of anilines is 1. The summed E-state index contributed by atoms with van der Waals surface area (Å²) in [6.07, 6.45) is 7.22. The molecule has 1 unspecified atom stereocenters. The Balaban J connectivity index is 1.89. The van der Waals surface area contributed by atoms with Crippen molar-refractivity contribution in [3.05, 3.63) is 42.1 Å². The molecule has 1 fully saturated rings. The number of hydrogen-bond acceptors (Lipinski definition) is 5. The molecule has 0 bridgehead atoms. The highest BCUT2D eigenvalue weighted by Crippen LogP contribution is 2.31. The summed E-state index contributed by atoms with van der Waals surface area (Å²) in [5, 5.41) is 11.4. The molecule has 5 N–H and O–H groups in total. The van der Waals surface area contributed by atoms with Crippen LogP contribution in [0.3, 0.4) is 0 Å². The molecule has 2 heterocycles. The topological polar surface area (TPSA) is 106 Å². The Morgan fingerprint density at radius 3 is 2.81 bits per heavy atom. The number of benzene rings is 1. The van der Waals surface area contributed by atoms with E-state index in [2.05, 4.69) is 69.2 Å². The molecule has 0 aliphatic carbocycles. The van der Waals surface area contributed by atoms with Gasteiger partial charge >= 0.3 is 0 Å². The van der Waals surface area contributed by atoms with Crippen LogP contribution in [0.25, 0.3) is 5.69 Å². The fraction of sp³-hybridized carbons (Fsp3) is 0.500. The van der Waals surface area contributed by atoms with E-state index in [1.54, 1.807) is 0 Å². The van der Waals surface area contributed by atoms with Crippen LogP contribution in [-0.4, -0.2) is 47.4 Å². The van der Waals surface area contributed by atoms with E-state index in [1.807, 2.05) is 12.3 Å². The number of nitrogens with two attached hydrogens (primary N) is 2. The van der Waals surface area contributed by atoms with Crippen LogP contribution in [0.5, 0.6) is 5.75 Å². The molecule has 1 atom stereocenters. The maximum atomic E-state index is 6.16. The smallest absolute Gasteiger partial charge is 0.211 e. The number of aromatic nitrogens is 1. The molecule has 32 heavy (non-hydrogen) atoms. The first kappa shape index (κ1) is 23.7. The second-order valence-corrected chi connectivity index (χ2v) is 8.11.